The summed E-state index contributed by atoms with van der Waals surface area (Å²) < 4.78 is 4.80. The minimum absolute atomic E-state index is 1.16. The summed E-state index contributed by atoms with van der Waals surface area (Å²) in [6, 6.07) is 61.4. The number of benzene rings is 7. The minimum atomic E-state index is 1.16. The first-order valence-electron chi connectivity index (χ1n) is 17.3. The number of hydrogen-bond acceptors (Lipinski definition) is 0. The van der Waals surface area contributed by atoms with E-state index in [4.69, 9.17) is 0 Å². The maximum absolute atomic E-state index is 2.40. The van der Waals surface area contributed by atoms with E-state index in [1.165, 1.54) is 82.7 Å². The monoisotopic (exact) mass is 640 g/mol. The Bertz CT molecular complexity index is 2740. The number of rotatable bonds is 6. The van der Waals surface area contributed by atoms with Crippen LogP contribution in [0, 0.1) is 0 Å². The zero-order valence-corrected chi connectivity index (χ0v) is 28.2. The highest BCUT2D eigenvalue weighted by Crippen LogP contribution is 2.36. The van der Waals surface area contributed by atoms with Crippen molar-refractivity contribution < 1.29 is 0 Å². The number of hydrogen-bond donors (Lipinski definition) is 0. The maximum atomic E-state index is 2.40. The normalized spacial score (nSPS) is 12.4. The summed E-state index contributed by atoms with van der Waals surface area (Å²) in [7, 11) is 0. The molecule has 0 unspecified atom stereocenters. The van der Waals surface area contributed by atoms with Crippen molar-refractivity contribution >= 4 is 54.9 Å². The first-order valence-corrected chi connectivity index (χ1v) is 17.3. The highest BCUT2D eigenvalue weighted by Gasteiger charge is 2.15. The molecule has 2 heterocycles. The first kappa shape index (κ1) is 29.7. The van der Waals surface area contributed by atoms with Crippen LogP contribution in [-0.4, -0.2) is 9.13 Å². The van der Waals surface area contributed by atoms with Gasteiger partial charge in [-0.15, -0.1) is 0 Å². The van der Waals surface area contributed by atoms with Gasteiger partial charge in [-0.05, 0) is 89.7 Å². The molecule has 0 saturated carbocycles. The van der Waals surface area contributed by atoms with Crippen molar-refractivity contribution in [2.75, 3.05) is 0 Å². The number of nitrogens with zero attached hydrogens (tertiary/aromatic N) is 2. The molecule has 0 aliphatic carbocycles. The predicted molar refractivity (Wildman–Crippen MR) is 215 cm³/mol. The molecule has 0 aliphatic rings. The standard InChI is InChI=1S/C48H36N2/c1-33(21-22-34(2)49-45-19-11-9-17-41(45)43-29-25-38(31-47(43)49)36-13-5-3-6-14-36)35-23-27-40(28-24-35)50-46-20-12-10-18-42(46)44-30-26-39(32-48(44)50)37-15-7-4-8-16-37/h3-32H,1-2H3/b33-21+,34-22+. The summed E-state index contributed by atoms with van der Waals surface area (Å²) in [4.78, 5) is 0. The molecule has 0 bridgehead atoms. The van der Waals surface area contributed by atoms with E-state index in [-0.39, 0.29) is 0 Å². The van der Waals surface area contributed by atoms with Crippen LogP contribution < -0.4 is 0 Å². The molecule has 238 valence electrons. The van der Waals surface area contributed by atoms with Crippen LogP contribution in [0.5, 0.6) is 0 Å². The maximum Gasteiger partial charge on any atom is 0.0547 e. The fourth-order valence-electron chi connectivity index (χ4n) is 7.51. The van der Waals surface area contributed by atoms with Crippen LogP contribution in [0.3, 0.4) is 0 Å². The fourth-order valence-corrected chi connectivity index (χ4v) is 7.51. The molecule has 9 rings (SSSR count). The molecule has 0 amide bonds. The summed E-state index contributed by atoms with van der Waals surface area (Å²) in [6.45, 7) is 4.41. The Hall–Kier alpha value is -6.38. The first-order chi connectivity index (χ1) is 24.6. The molecule has 0 aliphatic heterocycles. The highest BCUT2D eigenvalue weighted by molar-refractivity contribution is 6.11. The summed E-state index contributed by atoms with van der Waals surface area (Å²) in [6.07, 6.45) is 4.50. The number of fused-ring (bicyclic) bond motifs is 6. The molecule has 0 radical (unpaired) electrons. The van der Waals surface area contributed by atoms with Gasteiger partial charge in [-0.1, -0.05) is 140 Å². The third-order valence-corrected chi connectivity index (χ3v) is 10.1. The van der Waals surface area contributed by atoms with Gasteiger partial charge in [-0.2, -0.15) is 0 Å². The summed E-state index contributed by atoms with van der Waals surface area (Å²) in [5.74, 6) is 0. The molecule has 7 aromatic carbocycles. The van der Waals surface area contributed by atoms with Crippen LogP contribution in [0.4, 0.5) is 0 Å². The summed E-state index contributed by atoms with van der Waals surface area (Å²) in [5, 5.41) is 5.07. The largest absolute Gasteiger partial charge is 0.313 e. The SMILES string of the molecule is C/C(=C\C=C(/C)n1c2ccccc2c2ccc(-c3ccccc3)cc21)c1ccc(-n2c3ccccc3c3ccc(-c4ccccc4)cc32)cc1. The van der Waals surface area contributed by atoms with E-state index >= 15 is 0 Å². The highest BCUT2D eigenvalue weighted by atomic mass is 15.0. The second-order valence-electron chi connectivity index (χ2n) is 13.1. The average Bonchev–Trinajstić information content (AvgIpc) is 3.70. The van der Waals surface area contributed by atoms with Crippen molar-refractivity contribution in [3.8, 4) is 27.9 Å². The van der Waals surface area contributed by atoms with Gasteiger partial charge in [0.2, 0.25) is 0 Å². The van der Waals surface area contributed by atoms with Gasteiger partial charge in [0.15, 0.2) is 0 Å². The lowest BCUT2D eigenvalue weighted by Gasteiger charge is -2.11. The van der Waals surface area contributed by atoms with Crippen molar-refractivity contribution in [3.05, 3.63) is 188 Å². The summed E-state index contributed by atoms with van der Waals surface area (Å²) in [5.41, 5.74) is 14.5. The molecule has 0 fully saturated rings. The number of allylic oxidation sites excluding steroid dienone is 4. The Morgan fingerprint density at radius 1 is 0.400 bits per heavy atom. The molecular weight excluding hydrogens is 605 g/mol. The third kappa shape index (κ3) is 5.05. The van der Waals surface area contributed by atoms with Gasteiger partial charge in [0.05, 0.1) is 22.1 Å². The van der Waals surface area contributed by atoms with Gasteiger partial charge in [-0.3, -0.25) is 0 Å². The van der Waals surface area contributed by atoms with Crippen LogP contribution in [0.2, 0.25) is 0 Å². The van der Waals surface area contributed by atoms with Crippen molar-refractivity contribution in [2.45, 2.75) is 13.8 Å². The lowest BCUT2D eigenvalue weighted by atomic mass is 10.0. The predicted octanol–water partition coefficient (Wildman–Crippen LogP) is 13.2. The molecule has 0 saturated heterocycles. The van der Waals surface area contributed by atoms with E-state index in [0.717, 1.165) is 5.69 Å². The fraction of sp³-hybridized carbons (Fsp3) is 0.0417. The molecule has 2 aromatic heterocycles. The second-order valence-corrected chi connectivity index (χ2v) is 13.1. The lowest BCUT2D eigenvalue weighted by molar-refractivity contribution is 1.18. The molecule has 0 N–H and O–H groups in total. The molecule has 0 atom stereocenters. The van der Waals surface area contributed by atoms with Gasteiger partial charge in [-0.25, -0.2) is 0 Å². The van der Waals surface area contributed by atoms with E-state index in [9.17, 15) is 0 Å². The van der Waals surface area contributed by atoms with Crippen LogP contribution in [0.25, 0.3) is 82.8 Å². The Kier molecular flexibility index (Phi) is 7.29. The Morgan fingerprint density at radius 2 is 0.900 bits per heavy atom. The second kappa shape index (κ2) is 12.3. The van der Waals surface area contributed by atoms with Gasteiger partial charge in [0.25, 0.3) is 0 Å². The quantitative estimate of drug-likeness (QED) is 0.160. The molecule has 50 heavy (non-hydrogen) atoms. The molecular formula is C48H36N2. The third-order valence-electron chi connectivity index (χ3n) is 10.1. The Balaban J connectivity index is 1.09. The Morgan fingerprint density at radius 3 is 1.54 bits per heavy atom. The molecule has 2 nitrogen and oxygen atoms in total. The summed E-state index contributed by atoms with van der Waals surface area (Å²) >= 11 is 0. The van der Waals surface area contributed by atoms with Crippen molar-refractivity contribution in [1.29, 1.82) is 0 Å². The van der Waals surface area contributed by atoms with Crippen LogP contribution >= 0.6 is 0 Å². The van der Waals surface area contributed by atoms with E-state index < -0.39 is 0 Å². The van der Waals surface area contributed by atoms with Crippen molar-refractivity contribution in [3.63, 3.8) is 0 Å². The van der Waals surface area contributed by atoms with Gasteiger partial charge >= 0.3 is 0 Å². The van der Waals surface area contributed by atoms with Crippen LogP contribution in [-0.2, 0) is 0 Å². The van der Waals surface area contributed by atoms with Gasteiger partial charge in [0.1, 0.15) is 0 Å². The number of aromatic nitrogens is 2. The van der Waals surface area contributed by atoms with E-state index in [0.29, 0.717) is 0 Å². The topological polar surface area (TPSA) is 9.86 Å². The zero-order chi connectivity index (χ0) is 33.6. The van der Waals surface area contributed by atoms with Crippen LogP contribution in [0.1, 0.15) is 19.4 Å². The smallest absolute Gasteiger partial charge is 0.0547 e. The zero-order valence-electron chi connectivity index (χ0n) is 28.2. The van der Waals surface area contributed by atoms with E-state index in [2.05, 4.69) is 205 Å². The molecule has 0 spiro atoms. The lowest BCUT2D eigenvalue weighted by Crippen LogP contribution is -1.95. The number of para-hydroxylation sites is 2. The van der Waals surface area contributed by atoms with Gasteiger partial charge in [0, 0.05) is 32.9 Å². The van der Waals surface area contributed by atoms with Crippen LogP contribution in [0.15, 0.2) is 182 Å². The average molecular weight is 641 g/mol. The van der Waals surface area contributed by atoms with Crippen molar-refractivity contribution in [2.24, 2.45) is 0 Å². The van der Waals surface area contributed by atoms with Gasteiger partial charge < -0.3 is 9.13 Å². The van der Waals surface area contributed by atoms with E-state index in [1.54, 1.807) is 0 Å². The molecule has 2 heteroatoms. The van der Waals surface area contributed by atoms with Crippen molar-refractivity contribution in [1.82, 2.24) is 9.13 Å². The minimum Gasteiger partial charge on any atom is -0.313 e. The Labute approximate surface area is 292 Å². The van der Waals surface area contributed by atoms with E-state index in [1.807, 2.05) is 0 Å². The molecule has 9 aromatic rings.